The molecule has 0 spiro atoms. The van der Waals surface area contributed by atoms with E-state index in [1.165, 1.54) is 0 Å². The van der Waals surface area contributed by atoms with Gasteiger partial charge in [0.05, 0.1) is 12.3 Å². The molecule has 0 radical (unpaired) electrons. The number of ether oxygens (including phenoxy) is 1. The molecule has 1 aromatic rings. The number of nitrogens with one attached hydrogen (secondary N) is 1. The number of hydrogen-bond acceptors (Lipinski definition) is 4. The van der Waals surface area contributed by atoms with Crippen LogP contribution in [0.3, 0.4) is 0 Å². The van der Waals surface area contributed by atoms with Crippen molar-refractivity contribution in [1.82, 2.24) is 20.3 Å². The zero-order chi connectivity index (χ0) is 9.68. The molecule has 1 unspecified atom stereocenters. The van der Waals surface area contributed by atoms with Crippen LogP contribution >= 0.6 is 0 Å². The summed E-state index contributed by atoms with van der Waals surface area (Å²) in [7, 11) is 5.47. The third-order valence-electron chi connectivity index (χ3n) is 1.88. The molecule has 0 aliphatic carbocycles. The molecule has 1 heterocycles. The van der Waals surface area contributed by atoms with Crippen LogP contribution in [-0.2, 0) is 18.2 Å². The van der Waals surface area contributed by atoms with Crippen molar-refractivity contribution in [2.24, 2.45) is 7.05 Å². The van der Waals surface area contributed by atoms with Crippen LogP contribution in [0.25, 0.3) is 0 Å². The molecular weight excluding hydrogens is 168 g/mol. The van der Waals surface area contributed by atoms with Gasteiger partial charge in [0.2, 0.25) is 0 Å². The summed E-state index contributed by atoms with van der Waals surface area (Å²) < 4.78 is 6.76. The van der Waals surface area contributed by atoms with Crippen LogP contribution in [0.5, 0.6) is 0 Å². The van der Waals surface area contributed by atoms with Crippen LogP contribution in [-0.4, -0.2) is 41.8 Å². The van der Waals surface area contributed by atoms with Gasteiger partial charge in [-0.15, -0.1) is 5.10 Å². The van der Waals surface area contributed by atoms with Crippen molar-refractivity contribution in [3.63, 3.8) is 0 Å². The molecule has 0 aliphatic heterocycles. The van der Waals surface area contributed by atoms with Crippen molar-refractivity contribution in [3.8, 4) is 0 Å². The van der Waals surface area contributed by atoms with Crippen LogP contribution in [0, 0.1) is 0 Å². The van der Waals surface area contributed by atoms with E-state index in [4.69, 9.17) is 4.74 Å². The minimum Gasteiger partial charge on any atom is -0.383 e. The Balaban J connectivity index is 2.46. The van der Waals surface area contributed by atoms with Gasteiger partial charge in [-0.05, 0) is 7.05 Å². The first-order valence-corrected chi connectivity index (χ1v) is 4.27. The average molecular weight is 184 g/mol. The molecule has 74 valence electrons. The Hall–Kier alpha value is -0.940. The van der Waals surface area contributed by atoms with Gasteiger partial charge in [-0.25, -0.2) is 0 Å². The molecule has 1 aromatic heterocycles. The summed E-state index contributed by atoms with van der Waals surface area (Å²) in [5.74, 6) is 0. The summed E-state index contributed by atoms with van der Waals surface area (Å²) in [6.07, 6.45) is 2.76. The molecule has 0 saturated carbocycles. The molecule has 1 atom stereocenters. The van der Waals surface area contributed by atoms with Gasteiger partial charge in [0.1, 0.15) is 0 Å². The normalized spacial score (nSPS) is 13.2. The standard InChI is InChI=1S/C8H16N4O/c1-9-8(6-13-3)4-7-5-12(2)11-10-7/h5,8-9H,4,6H2,1-3H3. The van der Waals surface area contributed by atoms with Crippen molar-refractivity contribution < 1.29 is 4.74 Å². The first kappa shape index (κ1) is 10.1. The Kier molecular flexibility index (Phi) is 3.85. The van der Waals surface area contributed by atoms with Gasteiger partial charge in [-0.2, -0.15) is 0 Å². The fraction of sp³-hybridized carbons (Fsp3) is 0.750. The molecule has 1 N–H and O–H groups in total. The average Bonchev–Trinajstić information content (AvgIpc) is 2.50. The van der Waals surface area contributed by atoms with Crippen molar-refractivity contribution in [3.05, 3.63) is 11.9 Å². The van der Waals surface area contributed by atoms with Gasteiger partial charge >= 0.3 is 0 Å². The largest absolute Gasteiger partial charge is 0.383 e. The van der Waals surface area contributed by atoms with Gasteiger partial charge in [0, 0.05) is 32.8 Å². The predicted octanol–water partition coefficient (Wildman–Crippen LogP) is -0.408. The maximum Gasteiger partial charge on any atom is 0.0843 e. The van der Waals surface area contributed by atoms with E-state index in [0.717, 1.165) is 12.1 Å². The lowest BCUT2D eigenvalue weighted by Gasteiger charge is -2.12. The number of likely N-dealkylation sites (N-methyl/N-ethyl adjacent to an activating group) is 1. The predicted molar refractivity (Wildman–Crippen MR) is 49.4 cm³/mol. The van der Waals surface area contributed by atoms with E-state index in [2.05, 4.69) is 15.6 Å². The lowest BCUT2D eigenvalue weighted by molar-refractivity contribution is 0.169. The monoisotopic (exact) mass is 184 g/mol. The van der Waals surface area contributed by atoms with Crippen LogP contribution < -0.4 is 5.32 Å². The van der Waals surface area contributed by atoms with Crippen LogP contribution in [0.2, 0.25) is 0 Å². The molecule has 13 heavy (non-hydrogen) atoms. The molecule has 5 nitrogen and oxygen atoms in total. The highest BCUT2D eigenvalue weighted by Gasteiger charge is 2.08. The highest BCUT2D eigenvalue weighted by molar-refractivity contribution is 4.95. The van der Waals surface area contributed by atoms with E-state index in [9.17, 15) is 0 Å². The summed E-state index contributed by atoms with van der Waals surface area (Å²) in [5, 5.41) is 11.0. The summed E-state index contributed by atoms with van der Waals surface area (Å²) in [4.78, 5) is 0. The summed E-state index contributed by atoms with van der Waals surface area (Å²) >= 11 is 0. The molecule has 0 aromatic carbocycles. The van der Waals surface area contributed by atoms with Crippen LogP contribution in [0.1, 0.15) is 5.69 Å². The third-order valence-corrected chi connectivity index (χ3v) is 1.88. The molecule has 0 aliphatic rings. The maximum absolute atomic E-state index is 5.06. The SMILES string of the molecule is CNC(COC)Cc1cn(C)nn1. The molecule has 0 amide bonds. The van der Waals surface area contributed by atoms with E-state index in [-0.39, 0.29) is 0 Å². The fourth-order valence-electron chi connectivity index (χ4n) is 1.19. The van der Waals surface area contributed by atoms with Crippen molar-refractivity contribution in [2.45, 2.75) is 12.5 Å². The molecule has 5 heteroatoms. The van der Waals surface area contributed by atoms with E-state index in [1.807, 2.05) is 20.3 Å². The third kappa shape index (κ3) is 3.12. The van der Waals surface area contributed by atoms with E-state index in [0.29, 0.717) is 12.6 Å². The Morgan fingerprint density at radius 3 is 2.92 bits per heavy atom. The summed E-state index contributed by atoms with van der Waals surface area (Å²) in [6, 6.07) is 0.307. The zero-order valence-corrected chi connectivity index (χ0v) is 8.32. The van der Waals surface area contributed by atoms with Crippen LogP contribution in [0.4, 0.5) is 0 Å². The van der Waals surface area contributed by atoms with Gasteiger partial charge in [-0.3, -0.25) is 4.68 Å². The summed E-state index contributed by atoms with van der Waals surface area (Å²) in [6.45, 7) is 0.688. The quantitative estimate of drug-likeness (QED) is 0.676. The molecule has 1 rings (SSSR count). The van der Waals surface area contributed by atoms with Gasteiger partial charge in [0.15, 0.2) is 0 Å². The highest BCUT2D eigenvalue weighted by Crippen LogP contribution is 1.98. The van der Waals surface area contributed by atoms with Crippen molar-refractivity contribution in [2.75, 3.05) is 20.8 Å². The second kappa shape index (κ2) is 4.94. The summed E-state index contributed by atoms with van der Waals surface area (Å²) in [5.41, 5.74) is 0.985. The topological polar surface area (TPSA) is 52.0 Å². The van der Waals surface area contributed by atoms with Crippen LogP contribution in [0.15, 0.2) is 6.20 Å². The fourth-order valence-corrected chi connectivity index (χ4v) is 1.19. The molecule has 0 bridgehead atoms. The van der Waals surface area contributed by atoms with Gasteiger partial charge in [0.25, 0.3) is 0 Å². The number of rotatable bonds is 5. The van der Waals surface area contributed by atoms with E-state index in [1.54, 1.807) is 11.8 Å². The number of aryl methyl sites for hydroxylation is 1. The Morgan fingerprint density at radius 1 is 1.69 bits per heavy atom. The first-order valence-electron chi connectivity index (χ1n) is 4.27. The highest BCUT2D eigenvalue weighted by atomic mass is 16.5. The lowest BCUT2D eigenvalue weighted by atomic mass is 10.2. The second-order valence-corrected chi connectivity index (χ2v) is 3.03. The lowest BCUT2D eigenvalue weighted by Crippen LogP contribution is -2.32. The Labute approximate surface area is 78.1 Å². The van der Waals surface area contributed by atoms with Crippen molar-refractivity contribution >= 4 is 0 Å². The number of hydrogen-bond donors (Lipinski definition) is 1. The first-order chi connectivity index (χ1) is 6.26. The molecule has 0 saturated heterocycles. The maximum atomic E-state index is 5.06. The van der Waals surface area contributed by atoms with Gasteiger partial charge < -0.3 is 10.1 Å². The zero-order valence-electron chi connectivity index (χ0n) is 8.32. The minimum atomic E-state index is 0.307. The van der Waals surface area contributed by atoms with E-state index >= 15 is 0 Å². The molecular formula is C8H16N4O. The Morgan fingerprint density at radius 2 is 2.46 bits per heavy atom. The number of nitrogens with zero attached hydrogens (tertiary/aromatic N) is 3. The second-order valence-electron chi connectivity index (χ2n) is 3.03. The number of methoxy groups -OCH3 is 1. The smallest absolute Gasteiger partial charge is 0.0843 e. The van der Waals surface area contributed by atoms with Gasteiger partial charge in [-0.1, -0.05) is 5.21 Å². The van der Waals surface area contributed by atoms with Crippen molar-refractivity contribution in [1.29, 1.82) is 0 Å². The van der Waals surface area contributed by atoms with E-state index < -0.39 is 0 Å². The molecule has 0 fully saturated rings. The minimum absolute atomic E-state index is 0.307. The Bertz CT molecular complexity index is 248. The number of aromatic nitrogens is 3.